The number of halogens is 1. The number of rotatable bonds is 4. The first-order valence-corrected chi connectivity index (χ1v) is 6.84. The smallest absolute Gasteiger partial charge is 0.229 e. The number of carbonyl (C=O) groups excluding carboxylic acids is 1. The van der Waals surface area contributed by atoms with E-state index in [4.69, 9.17) is 5.11 Å². The zero-order valence-corrected chi connectivity index (χ0v) is 11.2. The lowest BCUT2D eigenvalue weighted by Gasteiger charge is -2.46. The fraction of sp³-hybridized carbons (Fsp3) is 0.533. The van der Waals surface area contributed by atoms with Crippen LogP contribution in [0.5, 0.6) is 0 Å². The van der Waals surface area contributed by atoms with Gasteiger partial charge in [0, 0.05) is 0 Å². The molecule has 1 aromatic rings. The van der Waals surface area contributed by atoms with Crippen LogP contribution >= 0.6 is 0 Å². The summed E-state index contributed by atoms with van der Waals surface area (Å²) in [5.74, 6) is -0.305. The second kappa shape index (κ2) is 4.53. The van der Waals surface area contributed by atoms with Gasteiger partial charge < -0.3 is 15.1 Å². The topological polar surface area (TPSA) is 60.8 Å². The van der Waals surface area contributed by atoms with Crippen molar-refractivity contribution >= 4 is 5.91 Å². The highest BCUT2D eigenvalue weighted by Crippen LogP contribution is 2.51. The van der Waals surface area contributed by atoms with Crippen LogP contribution in [0.4, 0.5) is 4.39 Å². The van der Waals surface area contributed by atoms with Crippen LogP contribution in [0.2, 0.25) is 0 Å². The Morgan fingerprint density at radius 3 is 2.50 bits per heavy atom. The summed E-state index contributed by atoms with van der Waals surface area (Å²) in [7, 11) is 0. The third-order valence-corrected chi connectivity index (χ3v) is 4.35. The lowest BCUT2D eigenvalue weighted by Crippen LogP contribution is -2.66. The number of likely N-dealkylation sites (tertiary alicyclic amines) is 1. The van der Waals surface area contributed by atoms with Crippen LogP contribution in [0.3, 0.4) is 0 Å². The fourth-order valence-electron chi connectivity index (χ4n) is 2.87. The fourth-order valence-corrected chi connectivity index (χ4v) is 2.87. The van der Waals surface area contributed by atoms with E-state index in [-0.39, 0.29) is 31.4 Å². The van der Waals surface area contributed by atoms with Crippen molar-refractivity contribution in [3.8, 4) is 0 Å². The van der Waals surface area contributed by atoms with Gasteiger partial charge in [-0.2, -0.15) is 0 Å². The van der Waals surface area contributed by atoms with Crippen LogP contribution < -0.4 is 0 Å². The maximum Gasteiger partial charge on any atom is 0.229 e. The van der Waals surface area contributed by atoms with Crippen molar-refractivity contribution in [1.82, 2.24) is 4.90 Å². The number of β-amino-alcohol motifs (C(OH)–C–C–N with tert-alkyl or cyclic N) is 1. The van der Waals surface area contributed by atoms with E-state index in [2.05, 4.69) is 0 Å². The van der Waals surface area contributed by atoms with Crippen LogP contribution in [0.1, 0.15) is 18.4 Å². The summed E-state index contributed by atoms with van der Waals surface area (Å²) >= 11 is 0. The molecule has 0 spiro atoms. The number of hydrogen-bond donors (Lipinski definition) is 2. The van der Waals surface area contributed by atoms with Crippen LogP contribution in [-0.2, 0) is 11.2 Å². The number of hydrogen-bond acceptors (Lipinski definition) is 3. The normalized spacial score (nSPS) is 22.2. The molecule has 1 aliphatic carbocycles. The summed E-state index contributed by atoms with van der Waals surface area (Å²) in [6.07, 6.45) is 1.93. The highest BCUT2D eigenvalue weighted by molar-refractivity contribution is 5.86. The van der Waals surface area contributed by atoms with Crippen molar-refractivity contribution in [3.05, 3.63) is 35.6 Å². The average Bonchev–Trinajstić information content (AvgIpc) is 3.18. The third kappa shape index (κ3) is 2.21. The molecule has 3 rings (SSSR count). The van der Waals surface area contributed by atoms with E-state index in [9.17, 15) is 14.3 Å². The highest BCUT2D eigenvalue weighted by Gasteiger charge is 2.55. The van der Waals surface area contributed by atoms with Gasteiger partial charge in [0.25, 0.3) is 0 Å². The Morgan fingerprint density at radius 2 is 1.95 bits per heavy atom. The van der Waals surface area contributed by atoms with E-state index < -0.39 is 11.0 Å². The Hall–Kier alpha value is -1.46. The number of aliphatic hydroxyl groups excluding tert-OH is 1. The molecular weight excluding hydrogens is 261 g/mol. The Labute approximate surface area is 116 Å². The molecule has 0 radical (unpaired) electrons. The maximum atomic E-state index is 13.7. The minimum absolute atomic E-state index is 0.0288. The summed E-state index contributed by atoms with van der Waals surface area (Å²) < 4.78 is 13.7. The van der Waals surface area contributed by atoms with Crippen molar-refractivity contribution in [2.24, 2.45) is 5.41 Å². The molecule has 2 N–H and O–H groups in total. The molecule has 1 saturated carbocycles. The van der Waals surface area contributed by atoms with E-state index in [1.807, 2.05) is 0 Å². The number of amides is 1. The van der Waals surface area contributed by atoms with E-state index in [0.29, 0.717) is 12.0 Å². The largest absolute Gasteiger partial charge is 0.393 e. The quantitative estimate of drug-likeness (QED) is 0.853. The standard InChI is InChI=1S/C15H18FNO3/c16-12-4-2-1-3-11(12)7-14(5-6-14)13(19)17-8-15(20,9-17)10-18/h1-4,18,20H,5-10H2. The molecule has 1 amide bonds. The molecule has 20 heavy (non-hydrogen) atoms. The number of nitrogens with zero attached hydrogens (tertiary/aromatic N) is 1. The summed E-state index contributed by atoms with van der Waals surface area (Å²) in [4.78, 5) is 14.0. The molecule has 0 bridgehead atoms. The first-order chi connectivity index (χ1) is 9.48. The molecule has 1 heterocycles. The second-order valence-corrected chi connectivity index (χ2v) is 6.09. The highest BCUT2D eigenvalue weighted by atomic mass is 19.1. The SMILES string of the molecule is O=C(N1CC(O)(CO)C1)C1(Cc2ccccc2F)CC1. The third-order valence-electron chi connectivity index (χ3n) is 4.35. The van der Waals surface area contributed by atoms with Gasteiger partial charge in [0.1, 0.15) is 11.4 Å². The Balaban J connectivity index is 1.68. The molecule has 0 aromatic heterocycles. The van der Waals surface area contributed by atoms with Crippen molar-refractivity contribution < 1.29 is 19.4 Å². The molecular formula is C15H18FNO3. The predicted molar refractivity (Wildman–Crippen MR) is 70.4 cm³/mol. The van der Waals surface area contributed by atoms with E-state index >= 15 is 0 Å². The molecule has 5 heteroatoms. The Kier molecular flexibility index (Phi) is 3.06. The van der Waals surface area contributed by atoms with Gasteiger partial charge in [0.2, 0.25) is 5.91 Å². The number of carbonyl (C=O) groups is 1. The summed E-state index contributed by atoms with van der Waals surface area (Å²) in [5.41, 5.74) is -1.08. The van der Waals surface area contributed by atoms with Crippen LogP contribution in [0.25, 0.3) is 0 Å². The van der Waals surface area contributed by atoms with Gasteiger partial charge in [-0.15, -0.1) is 0 Å². The van der Waals surface area contributed by atoms with Gasteiger partial charge in [-0.3, -0.25) is 4.79 Å². The molecule has 0 unspecified atom stereocenters. The van der Waals surface area contributed by atoms with Gasteiger partial charge in [-0.25, -0.2) is 4.39 Å². The van der Waals surface area contributed by atoms with E-state index in [1.54, 1.807) is 23.1 Å². The molecule has 0 atom stereocenters. The minimum atomic E-state index is -1.15. The number of benzene rings is 1. The van der Waals surface area contributed by atoms with Gasteiger partial charge in [-0.05, 0) is 30.9 Å². The zero-order chi connectivity index (χ0) is 14.4. The Morgan fingerprint density at radius 1 is 1.30 bits per heavy atom. The average molecular weight is 279 g/mol. The first-order valence-electron chi connectivity index (χ1n) is 6.84. The number of aliphatic hydroxyl groups is 2. The molecule has 1 saturated heterocycles. The first kappa shape index (κ1) is 13.5. The lowest BCUT2D eigenvalue weighted by molar-refractivity contribution is -0.167. The molecule has 1 aromatic carbocycles. The van der Waals surface area contributed by atoms with E-state index in [1.165, 1.54) is 6.07 Å². The van der Waals surface area contributed by atoms with Gasteiger partial charge in [-0.1, -0.05) is 18.2 Å². The molecule has 108 valence electrons. The van der Waals surface area contributed by atoms with Crippen molar-refractivity contribution in [1.29, 1.82) is 0 Å². The maximum absolute atomic E-state index is 13.7. The van der Waals surface area contributed by atoms with Gasteiger partial charge >= 0.3 is 0 Å². The van der Waals surface area contributed by atoms with Crippen molar-refractivity contribution in [3.63, 3.8) is 0 Å². The zero-order valence-electron chi connectivity index (χ0n) is 11.2. The summed E-state index contributed by atoms with van der Waals surface area (Å²) in [6, 6.07) is 6.52. The second-order valence-electron chi connectivity index (χ2n) is 6.09. The predicted octanol–water partition coefficient (Wildman–Crippen LogP) is 0.714. The van der Waals surface area contributed by atoms with Gasteiger partial charge in [0.05, 0.1) is 25.1 Å². The van der Waals surface area contributed by atoms with Crippen molar-refractivity contribution in [2.75, 3.05) is 19.7 Å². The monoisotopic (exact) mass is 279 g/mol. The lowest BCUT2D eigenvalue weighted by atomic mass is 9.89. The minimum Gasteiger partial charge on any atom is -0.393 e. The molecule has 1 aliphatic heterocycles. The van der Waals surface area contributed by atoms with E-state index in [0.717, 1.165) is 12.8 Å². The summed E-state index contributed by atoms with van der Waals surface area (Å²) in [6.45, 7) is -0.000195. The Bertz CT molecular complexity index is 536. The van der Waals surface area contributed by atoms with Crippen LogP contribution in [0.15, 0.2) is 24.3 Å². The van der Waals surface area contributed by atoms with Gasteiger partial charge in [0.15, 0.2) is 0 Å². The van der Waals surface area contributed by atoms with Crippen LogP contribution in [-0.4, -0.2) is 46.3 Å². The summed E-state index contributed by atoms with van der Waals surface area (Å²) in [5, 5.41) is 18.8. The molecule has 4 nitrogen and oxygen atoms in total. The van der Waals surface area contributed by atoms with Crippen molar-refractivity contribution in [2.45, 2.75) is 24.9 Å². The molecule has 2 fully saturated rings. The molecule has 2 aliphatic rings. The van der Waals surface area contributed by atoms with Crippen LogP contribution in [0, 0.1) is 11.2 Å².